The summed E-state index contributed by atoms with van der Waals surface area (Å²) in [6.45, 7) is 2.60. The summed E-state index contributed by atoms with van der Waals surface area (Å²) in [6, 6.07) is 7.24. The van der Waals surface area contributed by atoms with Crippen molar-refractivity contribution in [1.29, 1.82) is 0 Å². The van der Waals surface area contributed by atoms with Crippen molar-refractivity contribution >= 4 is 24.0 Å². The fraction of sp³-hybridized carbons (Fsp3) is 0.533. The van der Waals surface area contributed by atoms with Gasteiger partial charge in [-0.3, -0.25) is 4.79 Å². The number of benzene rings is 1. The minimum Gasteiger partial charge on any atom is -0.493 e. The number of carbonyl (C=O) groups excluding carboxylic acids is 1. The SMILES string of the molecule is Cl.O=C(Nc1ccc(OCC2CC2)cc1)C1COCCN1. The molecule has 116 valence electrons. The molecule has 0 bridgehead atoms. The molecule has 1 amide bonds. The maximum atomic E-state index is 12.0. The van der Waals surface area contributed by atoms with Crippen molar-refractivity contribution in [3.05, 3.63) is 24.3 Å². The fourth-order valence-corrected chi connectivity index (χ4v) is 2.10. The summed E-state index contributed by atoms with van der Waals surface area (Å²) >= 11 is 0. The Morgan fingerprint density at radius 3 is 2.71 bits per heavy atom. The summed E-state index contributed by atoms with van der Waals surface area (Å²) in [5.74, 6) is 1.54. The second kappa shape index (κ2) is 7.64. The molecule has 1 heterocycles. The highest BCUT2D eigenvalue weighted by molar-refractivity contribution is 5.95. The van der Waals surface area contributed by atoms with Gasteiger partial charge in [0.25, 0.3) is 0 Å². The molecule has 6 heteroatoms. The van der Waals surface area contributed by atoms with Gasteiger partial charge in [-0.15, -0.1) is 12.4 Å². The van der Waals surface area contributed by atoms with Crippen molar-refractivity contribution in [3.63, 3.8) is 0 Å². The minimum atomic E-state index is -0.269. The molecule has 2 aliphatic rings. The topological polar surface area (TPSA) is 59.6 Å². The summed E-state index contributed by atoms with van der Waals surface area (Å²) in [6.07, 6.45) is 2.56. The molecule has 2 fully saturated rings. The highest BCUT2D eigenvalue weighted by atomic mass is 35.5. The van der Waals surface area contributed by atoms with Crippen molar-refractivity contribution in [2.24, 2.45) is 5.92 Å². The number of hydrogen-bond donors (Lipinski definition) is 2. The highest BCUT2D eigenvalue weighted by Crippen LogP contribution is 2.29. The molecule has 0 radical (unpaired) electrons. The van der Waals surface area contributed by atoms with Crippen LogP contribution in [0, 0.1) is 5.92 Å². The van der Waals surface area contributed by atoms with E-state index in [0.29, 0.717) is 19.8 Å². The van der Waals surface area contributed by atoms with Crippen LogP contribution in [0.3, 0.4) is 0 Å². The lowest BCUT2D eigenvalue weighted by molar-refractivity contribution is -0.120. The maximum Gasteiger partial charge on any atom is 0.243 e. The van der Waals surface area contributed by atoms with Gasteiger partial charge in [0, 0.05) is 12.2 Å². The van der Waals surface area contributed by atoms with Gasteiger partial charge < -0.3 is 20.1 Å². The second-order valence-corrected chi connectivity index (χ2v) is 5.35. The molecular formula is C15H21ClN2O3. The average molecular weight is 313 g/mol. The van der Waals surface area contributed by atoms with Crippen LogP contribution in [0.4, 0.5) is 5.69 Å². The molecule has 1 aromatic carbocycles. The largest absolute Gasteiger partial charge is 0.493 e. The predicted octanol–water partition coefficient (Wildman–Crippen LogP) is 1.82. The third-order valence-electron chi connectivity index (χ3n) is 3.54. The lowest BCUT2D eigenvalue weighted by atomic mass is 10.2. The van der Waals surface area contributed by atoms with Crippen LogP contribution in [0.2, 0.25) is 0 Å². The van der Waals surface area contributed by atoms with Crippen molar-refractivity contribution < 1.29 is 14.3 Å². The third-order valence-corrected chi connectivity index (χ3v) is 3.54. The molecule has 1 aromatic rings. The zero-order valence-electron chi connectivity index (χ0n) is 11.8. The van der Waals surface area contributed by atoms with Crippen LogP contribution < -0.4 is 15.4 Å². The minimum absolute atomic E-state index is 0. The summed E-state index contributed by atoms with van der Waals surface area (Å²) in [5.41, 5.74) is 0.779. The molecule has 0 spiro atoms. The Bertz CT molecular complexity index is 456. The smallest absolute Gasteiger partial charge is 0.243 e. The normalized spacial score (nSPS) is 21.2. The van der Waals surface area contributed by atoms with E-state index in [-0.39, 0.29) is 24.4 Å². The van der Waals surface area contributed by atoms with Gasteiger partial charge in [-0.05, 0) is 43.0 Å². The highest BCUT2D eigenvalue weighted by Gasteiger charge is 2.22. The molecule has 1 aliphatic carbocycles. The molecule has 1 saturated heterocycles. The number of nitrogens with one attached hydrogen (secondary N) is 2. The van der Waals surface area contributed by atoms with Crippen molar-refractivity contribution in [1.82, 2.24) is 5.32 Å². The summed E-state index contributed by atoms with van der Waals surface area (Å²) in [7, 11) is 0. The monoisotopic (exact) mass is 312 g/mol. The fourth-order valence-electron chi connectivity index (χ4n) is 2.10. The van der Waals surface area contributed by atoms with Crippen LogP contribution in [-0.4, -0.2) is 38.3 Å². The Morgan fingerprint density at radius 1 is 1.33 bits per heavy atom. The van der Waals surface area contributed by atoms with Crippen LogP contribution in [0.1, 0.15) is 12.8 Å². The Labute approximate surface area is 130 Å². The van der Waals surface area contributed by atoms with E-state index in [1.54, 1.807) is 0 Å². The van der Waals surface area contributed by atoms with Gasteiger partial charge in [-0.1, -0.05) is 0 Å². The number of halogens is 1. The number of hydrogen-bond acceptors (Lipinski definition) is 4. The first kappa shape index (κ1) is 16.1. The number of morpholine rings is 1. The first-order chi connectivity index (χ1) is 9.81. The number of ether oxygens (including phenoxy) is 2. The van der Waals surface area contributed by atoms with Gasteiger partial charge in [0.05, 0.1) is 19.8 Å². The van der Waals surface area contributed by atoms with Gasteiger partial charge in [-0.2, -0.15) is 0 Å². The molecule has 5 nitrogen and oxygen atoms in total. The van der Waals surface area contributed by atoms with Gasteiger partial charge in [0.2, 0.25) is 5.91 Å². The Morgan fingerprint density at radius 2 is 2.10 bits per heavy atom. The summed E-state index contributed by atoms with van der Waals surface area (Å²) < 4.78 is 10.9. The molecule has 0 aromatic heterocycles. The van der Waals surface area contributed by atoms with Gasteiger partial charge in [-0.25, -0.2) is 0 Å². The van der Waals surface area contributed by atoms with E-state index in [9.17, 15) is 4.79 Å². The Hall–Kier alpha value is -1.30. The van der Waals surface area contributed by atoms with Crippen molar-refractivity contribution in [2.45, 2.75) is 18.9 Å². The lowest BCUT2D eigenvalue weighted by Gasteiger charge is -2.22. The zero-order chi connectivity index (χ0) is 13.8. The Kier molecular flexibility index (Phi) is 5.85. The molecule has 1 aliphatic heterocycles. The van der Waals surface area contributed by atoms with Gasteiger partial charge in [0.1, 0.15) is 11.8 Å². The lowest BCUT2D eigenvalue weighted by Crippen LogP contribution is -2.48. The van der Waals surface area contributed by atoms with E-state index < -0.39 is 0 Å². The van der Waals surface area contributed by atoms with Gasteiger partial charge in [0.15, 0.2) is 0 Å². The maximum absolute atomic E-state index is 12.0. The van der Waals surface area contributed by atoms with Gasteiger partial charge >= 0.3 is 0 Å². The van der Waals surface area contributed by atoms with Crippen molar-refractivity contribution in [2.75, 3.05) is 31.7 Å². The van der Waals surface area contributed by atoms with E-state index in [0.717, 1.165) is 24.0 Å². The quantitative estimate of drug-likeness (QED) is 0.871. The summed E-state index contributed by atoms with van der Waals surface area (Å²) in [4.78, 5) is 12.0. The number of rotatable bonds is 5. The van der Waals surface area contributed by atoms with E-state index >= 15 is 0 Å². The molecule has 1 saturated carbocycles. The average Bonchev–Trinajstić information content (AvgIpc) is 3.32. The molecule has 3 rings (SSSR count). The van der Waals surface area contributed by atoms with Crippen LogP contribution >= 0.6 is 12.4 Å². The third kappa shape index (κ3) is 4.88. The van der Waals surface area contributed by atoms with Crippen LogP contribution in [0.5, 0.6) is 5.75 Å². The van der Waals surface area contributed by atoms with Crippen molar-refractivity contribution in [3.8, 4) is 5.75 Å². The molecule has 1 unspecified atom stereocenters. The van der Waals surface area contributed by atoms with Crippen LogP contribution in [0.25, 0.3) is 0 Å². The molecule has 1 atom stereocenters. The molecular weight excluding hydrogens is 292 g/mol. The first-order valence-corrected chi connectivity index (χ1v) is 7.16. The summed E-state index contributed by atoms with van der Waals surface area (Å²) in [5, 5.41) is 6.01. The molecule has 2 N–H and O–H groups in total. The number of anilines is 1. The van der Waals surface area contributed by atoms with Crippen LogP contribution in [-0.2, 0) is 9.53 Å². The zero-order valence-corrected chi connectivity index (χ0v) is 12.7. The number of amides is 1. The van der Waals surface area contributed by atoms with E-state index in [1.165, 1.54) is 12.8 Å². The Balaban J connectivity index is 0.00000161. The van der Waals surface area contributed by atoms with Crippen LogP contribution in [0.15, 0.2) is 24.3 Å². The van der Waals surface area contributed by atoms with E-state index in [2.05, 4.69) is 10.6 Å². The predicted molar refractivity (Wildman–Crippen MR) is 83.1 cm³/mol. The standard InChI is InChI=1S/C15H20N2O3.ClH/c18-15(14-10-19-8-7-16-14)17-12-3-5-13(6-4-12)20-9-11-1-2-11;/h3-6,11,14,16H,1-2,7-10H2,(H,17,18);1H. The molecule has 21 heavy (non-hydrogen) atoms. The number of carbonyl (C=O) groups is 1. The first-order valence-electron chi connectivity index (χ1n) is 7.16. The van der Waals surface area contributed by atoms with E-state index in [4.69, 9.17) is 9.47 Å². The second-order valence-electron chi connectivity index (χ2n) is 5.35. The van der Waals surface area contributed by atoms with E-state index in [1.807, 2.05) is 24.3 Å².